The number of nitrogens with two attached hydrogens (primary N) is 1. The van der Waals surface area contributed by atoms with Crippen molar-refractivity contribution in [1.82, 2.24) is 20.7 Å². The van der Waals surface area contributed by atoms with Crippen LogP contribution in [0.25, 0.3) is 0 Å². The van der Waals surface area contributed by atoms with E-state index in [1.807, 2.05) is 6.92 Å². The van der Waals surface area contributed by atoms with E-state index in [1.165, 1.54) is 19.1 Å². The van der Waals surface area contributed by atoms with Crippen LogP contribution in [0.5, 0.6) is 0 Å². The highest BCUT2D eigenvalue weighted by molar-refractivity contribution is 7.90. The van der Waals surface area contributed by atoms with Crippen molar-refractivity contribution in [1.29, 1.82) is 0 Å². The first-order valence-electron chi connectivity index (χ1n) is 13.5. The molecule has 0 aliphatic rings. The zero-order chi connectivity index (χ0) is 32.7. The molecular weight excluding hydrogens is 596 g/mol. The van der Waals surface area contributed by atoms with Gasteiger partial charge in [0.2, 0.25) is 17.8 Å². The number of methoxy groups -OCH3 is 1. The first-order valence-corrected chi connectivity index (χ1v) is 15.0. The number of alkyl carbamates (subject to hydrolysis) is 1. The predicted octanol–water partition coefficient (Wildman–Crippen LogP) is -0.182. The monoisotopic (exact) mass is 634 g/mol. The molecule has 2 aromatic carbocycles. The molecule has 0 bridgehead atoms. The summed E-state index contributed by atoms with van der Waals surface area (Å²) in [5.74, 6) is -2.78. The minimum absolute atomic E-state index is 0.00610. The molecule has 16 heteroatoms. The number of amides is 3. The van der Waals surface area contributed by atoms with E-state index in [4.69, 9.17) is 10.5 Å². The number of aliphatic hydroxyl groups excluding tert-OH is 1. The van der Waals surface area contributed by atoms with Gasteiger partial charge in [0.25, 0.3) is 10.0 Å². The van der Waals surface area contributed by atoms with Crippen molar-refractivity contribution >= 4 is 39.9 Å². The molecule has 2 rings (SSSR count). The summed E-state index contributed by atoms with van der Waals surface area (Å²) in [6.45, 7) is 2.45. The average Bonchev–Trinajstić information content (AvgIpc) is 2.99. The molecule has 0 saturated carbocycles. The number of hydrogen-bond donors (Lipinski definition) is 6. The lowest BCUT2D eigenvalue weighted by Gasteiger charge is -2.20. The van der Waals surface area contributed by atoms with E-state index in [-0.39, 0.29) is 36.8 Å². The lowest BCUT2D eigenvalue weighted by Crippen LogP contribution is -2.53. The number of nitrogens with one attached hydrogen (secondary N) is 4. The van der Waals surface area contributed by atoms with E-state index in [0.717, 1.165) is 18.2 Å². The van der Waals surface area contributed by atoms with Crippen LogP contribution in [0.2, 0.25) is 0 Å². The summed E-state index contributed by atoms with van der Waals surface area (Å²) in [6, 6.07) is 12.4. The van der Waals surface area contributed by atoms with Crippen LogP contribution in [0.15, 0.2) is 64.5 Å². The van der Waals surface area contributed by atoms with Gasteiger partial charge in [-0.15, -0.1) is 0 Å². The van der Waals surface area contributed by atoms with Gasteiger partial charge in [-0.05, 0) is 44.4 Å². The van der Waals surface area contributed by atoms with Crippen molar-refractivity contribution in [3.63, 3.8) is 0 Å². The number of nitrogens with zero attached hydrogens (tertiary/aromatic N) is 1. The molecule has 240 valence electrons. The zero-order valence-electron chi connectivity index (χ0n) is 24.6. The van der Waals surface area contributed by atoms with Gasteiger partial charge in [0.05, 0.1) is 24.7 Å². The third kappa shape index (κ3) is 12.3. The van der Waals surface area contributed by atoms with Crippen molar-refractivity contribution in [3.05, 3.63) is 65.7 Å². The molecule has 0 aliphatic carbocycles. The summed E-state index contributed by atoms with van der Waals surface area (Å²) in [5.41, 5.74) is 7.35. The van der Waals surface area contributed by atoms with E-state index in [2.05, 4.69) is 30.4 Å². The number of aliphatic imine (C=N–C) groups is 1. The van der Waals surface area contributed by atoms with Crippen LogP contribution in [0, 0.1) is 6.92 Å². The van der Waals surface area contributed by atoms with Crippen LogP contribution in [-0.4, -0.2) is 81.7 Å². The minimum atomic E-state index is -3.95. The Hall–Kier alpha value is -4.70. The fraction of sp³-hybridized carbons (Fsp3) is 0.393. The number of hydrogen-bond acceptors (Lipinski definition) is 10. The summed E-state index contributed by atoms with van der Waals surface area (Å²) >= 11 is 0. The van der Waals surface area contributed by atoms with Crippen molar-refractivity contribution in [2.75, 3.05) is 20.2 Å². The summed E-state index contributed by atoms with van der Waals surface area (Å²) < 4.78 is 36.9. The van der Waals surface area contributed by atoms with E-state index >= 15 is 0 Å². The quantitative estimate of drug-likeness (QED) is 0.0655. The number of ether oxygens (including phenoxy) is 2. The molecule has 0 fully saturated rings. The number of carbonyl (C=O) groups is 4. The van der Waals surface area contributed by atoms with Gasteiger partial charge in [-0.3, -0.25) is 14.6 Å². The fourth-order valence-corrected chi connectivity index (χ4v) is 4.59. The number of sulfonamides is 1. The van der Waals surface area contributed by atoms with Gasteiger partial charge >= 0.3 is 12.1 Å². The molecule has 0 spiro atoms. The molecule has 44 heavy (non-hydrogen) atoms. The number of rotatable bonds is 15. The Morgan fingerprint density at radius 1 is 1.02 bits per heavy atom. The van der Waals surface area contributed by atoms with Crippen molar-refractivity contribution in [2.45, 2.75) is 56.4 Å². The molecule has 0 aromatic heterocycles. The largest absolute Gasteiger partial charge is 0.467 e. The van der Waals surface area contributed by atoms with E-state index in [9.17, 15) is 32.7 Å². The standard InChI is InChI=1S/C28H38N6O9S/c1-18-11-13-21(14-12-18)44(40,41)34-27(29)30-15-7-10-22(32-28(39)43-17-20-8-5-4-6-9-20)25(37)31-16-23(36)33-24(19(2)35)26(38)42-3/h4-6,8-9,11-14,19,22,24,35H,7,10,15-17H2,1-3H3,(H,31,37)(H,32,39)(H,33,36)(H3,29,30,34)/t19-,22-,24+/m0/s1. The van der Waals surface area contributed by atoms with Crippen LogP contribution in [-0.2, 0) is 40.5 Å². The molecule has 0 radical (unpaired) electrons. The molecule has 3 atom stereocenters. The highest BCUT2D eigenvalue weighted by Gasteiger charge is 2.27. The van der Waals surface area contributed by atoms with Gasteiger partial charge in [-0.2, -0.15) is 0 Å². The first kappa shape index (κ1) is 35.5. The van der Waals surface area contributed by atoms with Crippen LogP contribution >= 0.6 is 0 Å². The van der Waals surface area contributed by atoms with Gasteiger partial charge in [-0.1, -0.05) is 48.0 Å². The number of aryl methyl sites for hydroxylation is 1. The molecule has 0 heterocycles. The maximum Gasteiger partial charge on any atom is 0.408 e. The van der Waals surface area contributed by atoms with Gasteiger partial charge in [-0.25, -0.2) is 22.7 Å². The second-order valence-corrected chi connectivity index (χ2v) is 11.3. The number of esters is 1. The molecule has 15 nitrogen and oxygen atoms in total. The third-order valence-corrected chi connectivity index (χ3v) is 7.37. The van der Waals surface area contributed by atoms with E-state index < -0.39 is 58.6 Å². The van der Waals surface area contributed by atoms with Crippen molar-refractivity contribution < 1.29 is 42.2 Å². The summed E-state index contributed by atoms with van der Waals surface area (Å²) in [6.07, 6.45) is -1.98. The molecule has 7 N–H and O–H groups in total. The SMILES string of the molecule is COC(=O)[C@H](NC(=O)CNC(=O)[C@H](CCCN=C(N)NS(=O)(=O)c1ccc(C)cc1)NC(=O)OCc1ccccc1)[C@H](C)O. The average molecular weight is 635 g/mol. The Morgan fingerprint density at radius 3 is 2.30 bits per heavy atom. The molecular formula is C28H38N6O9S. The van der Waals surface area contributed by atoms with Gasteiger partial charge in [0, 0.05) is 6.54 Å². The highest BCUT2D eigenvalue weighted by Crippen LogP contribution is 2.09. The second kappa shape index (κ2) is 17.4. The van der Waals surface area contributed by atoms with Crippen LogP contribution in [0.3, 0.4) is 0 Å². The topological polar surface area (TPSA) is 228 Å². The normalized spacial score (nSPS) is 13.5. The third-order valence-electron chi connectivity index (χ3n) is 6.00. The Bertz CT molecular complexity index is 1400. The fourth-order valence-electron chi connectivity index (χ4n) is 3.64. The summed E-state index contributed by atoms with van der Waals surface area (Å²) in [7, 11) is -2.86. The van der Waals surface area contributed by atoms with E-state index in [1.54, 1.807) is 42.5 Å². The summed E-state index contributed by atoms with van der Waals surface area (Å²) in [5, 5.41) is 16.8. The maximum absolute atomic E-state index is 12.9. The Morgan fingerprint density at radius 2 is 1.68 bits per heavy atom. The second-order valence-electron chi connectivity index (χ2n) is 9.61. The van der Waals surface area contributed by atoms with Crippen LogP contribution < -0.4 is 26.4 Å². The van der Waals surface area contributed by atoms with Crippen molar-refractivity contribution in [2.24, 2.45) is 10.7 Å². The number of aliphatic hydroxyl groups is 1. The Kier molecular flexibility index (Phi) is 14.1. The molecule has 2 aromatic rings. The Balaban J connectivity index is 1.99. The van der Waals surface area contributed by atoms with Crippen molar-refractivity contribution in [3.8, 4) is 0 Å². The predicted molar refractivity (Wildman–Crippen MR) is 159 cm³/mol. The minimum Gasteiger partial charge on any atom is -0.467 e. The Labute approximate surface area is 255 Å². The maximum atomic E-state index is 12.9. The number of benzene rings is 2. The zero-order valence-corrected chi connectivity index (χ0v) is 25.4. The van der Waals surface area contributed by atoms with E-state index in [0.29, 0.717) is 0 Å². The van der Waals surface area contributed by atoms with Crippen LogP contribution in [0.4, 0.5) is 4.79 Å². The van der Waals surface area contributed by atoms with Crippen LogP contribution in [0.1, 0.15) is 30.9 Å². The molecule has 3 amide bonds. The van der Waals surface area contributed by atoms with Gasteiger partial charge < -0.3 is 36.3 Å². The van der Waals surface area contributed by atoms with Gasteiger partial charge in [0.1, 0.15) is 12.6 Å². The smallest absolute Gasteiger partial charge is 0.408 e. The number of guanidine groups is 1. The highest BCUT2D eigenvalue weighted by atomic mass is 32.2. The van der Waals surface area contributed by atoms with Gasteiger partial charge in [0.15, 0.2) is 6.04 Å². The first-order chi connectivity index (χ1) is 20.8. The summed E-state index contributed by atoms with van der Waals surface area (Å²) in [4.78, 5) is 53.4. The number of carbonyl (C=O) groups excluding carboxylic acids is 4. The lowest BCUT2D eigenvalue weighted by molar-refractivity contribution is -0.148. The lowest BCUT2D eigenvalue weighted by atomic mass is 10.1. The molecule has 0 unspecified atom stereocenters. The molecule has 0 aliphatic heterocycles. The molecule has 0 saturated heterocycles.